The quantitative estimate of drug-likeness (QED) is 0.153. The molecule has 0 saturated carbocycles. The number of hydrogen-bond acceptors (Lipinski definition) is 3. The van der Waals surface area contributed by atoms with Crippen molar-refractivity contribution in [1.82, 2.24) is 14.0 Å². The molecular formula is C51H41N4O2+. The summed E-state index contributed by atoms with van der Waals surface area (Å²) < 4.78 is 19.7. The van der Waals surface area contributed by atoms with Crippen LogP contribution in [0.15, 0.2) is 181 Å². The van der Waals surface area contributed by atoms with Gasteiger partial charge in [0.1, 0.15) is 23.6 Å². The van der Waals surface area contributed by atoms with Crippen molar-refractivity contribution in [3.63, 3.8) is 0 Å². The van der Waals surface area contributed by atoms with Gasteiger partial charge in [-0.25, -0.2) is 9.55 Å². The molecule has 0 aliphatic rings. The van der Waals surface area contributed by atoms with Crippen LogP contribution in [-0.2, 0) is 12.5 Å². The molecule has 0 N–H and O–H groups in total. The molecule has 4 heterocycles. The third kappa shape index (κ3) is 5.98. The Labute approximate surface area is 331 Å². The van der Waals surface area contributed by atoms with E-state index >= 15 is 0 Å². The molecule has 0 fully saturated rings. The van der Waals surface area contributed by atoms with Crippen molar-refractivity contribution < 1.29 is 13.7 Å². The molecule has 0 saturated heterocycles. The lowest BCUT2D eigenvalue weighted by atomic mass is 9.88. The standard InChI is InChI=1S/C51H41N4O2/c1-51(2,3)37-27-28-52-47(30-37)55-44-24-12-11-21-42(44)43-26-25-39(31-45(43)55)57-38-20-13-19-36(29-38)46-32-56-50-49(53(4)33-54(46)50)48-40(34-15-7-5-8-16-34)22-14-23-41(48)35-17-9-6-10-18-35/h5-33H,1-4H3/q+1. The smallest absolute Gasteiger partial charge is 0.343 e. The average molecular weight is 742 g/mol. The van der Waals surface area contributed by atoms with Gasteiger partial charge in [0.05, 0.1) is 18.1 Å². The highest BCUT2D eigenvalue weighted by Crippen LogP contribution is 2.42. The largest absolute Gasteiger partial charge is 0.457 e. The first kappa shape index (κ1) is 34.3. The third-order valence-corrected chi connectivity index (χ3v) is 10.9. The number of hydrogen-bond donors (Lipinski definition) is 0. The Bertz CT molecular complexity index is 3030. The van der Waals surface area contributed by atoms with E-state index in [1.165, 1.54) is 10.9 Å². The van der Waals surface area contributed by atoms with Crippen molar-refractivity contribution in [2.75, 3.05) is 0 Å². The van der Waals surface area contributed by atoms with Crippen LogP contribution in [0.4, 0.5) is 0 Å². The highest BCUT2D eigenvalue weighted by Gasteiger charge is 2.29. The number of pyridine rings is 1. The van der Waals surface area contributed by atoms with Crippen molar-refractivity contribution in [2.24, 2.45) is 7.05 Å². The van der Waals surface area contributed by atoms with E-state index < -0.39 is 0 Å². The Hall–Kier alpha value is -7.18. The Kier molecular flexibility index (Phi) is 8.15. The first-order valence-corrected chi connectivity index (χ1v) is 19.3. The van der Waals surface area contributed by atoms with Crippen LogP contribution < -0.4 is 9.30 Å². The Morgan fingerprint density at radius 3 is 2.00 bits per heavy atom. The van der Waals surface area contributed by atoms with Crippen molar-refractivity contribution in [1.29, 1.82) is 0 Å². The van der Waals surface area contributed by atoms with Gasteiger partial charge < -0.3 is 9.15 Å². The molecule has 0 bridgehead atoms. The van der Waals surface area contributed by atoms with Crippen LogP contribution in [0.3, 0.4) is 0 Å². The number of fused-ring (bicyclic) bond motifs is 4. The minimum absolute atomic E-state index is 0.00629. The first-order chi connectivity index (χ1) is 27.8. The van der Waals surface area contributed by atoms with Crippen LogP contribution >= 0.6 is 0 Å². The molecule has 6 nitrogen and oxygen atoms in total. The predicted octanol–water partition coefficient (Wildman–Crippen LogP) is 12.6. The van der Waals surface area contributed by atoms with Gasteiger partial charge in [0.2, 0.25) is 5.69 Å². The highest BCUT2D eigenvalue weighted by molar-refractivity contribution is 6.09. The van der Waals surface area contributed by atoms with Gasteiger partial charge in [-0.3, -0.25) is 4.57 Å². The van der Waals surface area contributed by atoms with Gasteiger partial charge in [-0.05, 0) is 75.7 Å². The Morgan fingerprint density at radius 1 is 0.614 bits per heavy atom. The highest BCUT2D eigenvalue weighted by atomic mass is 16.5. The number of rotatable bonds is 7. The number of aromatic nitrogens is 4. The van der Waals surface area contributed by atoms with Gasteiger partial charge in [0.25, 0.3) is 6.33 Å². The second kappa shape index (κ2) is 13.5. The fraction of sp³-hybridized carbons (Fsp3) is 0.0980. The van der Waals surface area contributed by atoms with E-state index in [1.807, 2.05) is 30.7 Å². The number of oxazole rings is 1. The van der Waals surface area contributed by atoms with Gasteiger partial charge in [0, 0.05) is 34.2 Å². The Balaban J connectivity index is 1.05. The molecule has 0 spiro atoms. The molecular weight excluding hydrogens is 701 g/mol. The molecule has 10 aromatic rings. The zero-order valence-electron chi connectivity index (χ0n) is 32.3. The Morgan fingerprint density at radius 2 is 1.26 bits per heavy atom. The first-order valence-electron chi connectivity index (χ1n) is 19.3. The molecule has 0 radical (unpaired) electrons. The zero-order chi connectivity index (χ0) is 38.7. The number of aryl methyl sites for hydroxylation is 1. The third-order valence-electron chi connectivity index (χ3n) is 10.9. The normalized spacial score (nSPS) is 11.9. The second-order valence-corrected chi connectivity index (χ2v) is 15.6. The molecule has 10 rings (SSSR count). The summed E-state index contributed by atoms with van der Waals surface area (Å²) >= 11 is 0. The van der Waals surface area contributed by atoms with E-state index in [0.29, 0.717) is 0 Å². The van der Waals surface area contributed by atoms with E-state index in [2.05, 4.69) is 187 Å². The predicted molar refractivity (Wildman–Crippen MR) is 230 cm³/mol. The monoisotopic (exact) mass is 741 g/mol. The second-order valence-electron chi connectivity index (χ2n) is 15.6. The number of imidazole rings is 1. The molecule has 6 heteroatoms. The number of ether oxygens (including phenoxy) is 1. The molecule has 0 unspecified atom stereocenters. The van der Waals surface area contributed by atoms with Crippen LogP contribution in [-0.4, -0.2) is 14.0 Å². The van der Waals surface area contributed by atoms with Gasteiger partial charge in [-0.2, -0.15) is 4.40 Å². The van der Waals surface area contributed by atoms with E-state index in [-0.39, 0.29) is 5.41 Å². The van der Waals surface area contributed by atoms with Crippen LogP contribution in [0, 0.1) is 0 Å². The lowest BCUT2D eigenvalue weighted by Gasteiger charge is -2.20. The minimum Gasteiger partial charge on any atom is -0.457 e. The van der Waals surface area contributed by atoms with Gasteiger partial charge >= 0.3 is 5.71 Å². The maximum atomic E-state index is 6.65. The van der Waals surface area contributed by atoms with E-state index in [4.69, 9.17) is 14.1 Å². The minimum atomic E-state index is -0.00629. The summed E-state index contributed by atoms with van der Waals surface area (Å²) in [6.07, 6.45) is 5.85. The molecule has 6 aromatic carbocycles. The lowest BCUT2D eigenvalue weighted by Crippen LogP contribution is -2.28. The molecule has 0 aliphatic heterocycles. The topological polar surface area (TPSA) is 48.5 Å². The number of para-hydroxylation sites is 1. The fourth-order valence-electron chi connectivity index (χ4n) is 8.14. The molecule has 57 heavy (non-hydrogen) atoms. The summed E-state index contributed by atoms with van der Waals surface area (Å²) in [5.41, 5.74) is 12.7. The van der Waals surface area contributed by atoms with Gasteiger partial charge in [-0.15, -0.1) is 0 Å². The van der Waals surface area contributed by atoms with Gasteiger partial charge in [-0.1, -0.05) is 130 Å². The van der Waals surface area contributed by atoms with E-state index in [1.54, 1.807) is 0 Å². The van der Waals surface area contributed by atoms with Crippen molar-refractivity contribution >= 4 is 27.5 Å². The number of nitrogens with zero attached hydrogens (tertiary/aromatic N) is 4. The van der Waals surface area contributed by atoms with E-state index in [0.717, 1.165) is 84.2 Å². The lowest BCUT2D eigenvalue weighted by molar-refractivity contribution is -0.659. The van der Waals surface area contributed by atoms with Crippen molar-refractivity contribution in [3.05, 3.63) is 182 Å². The maximum Gasteiger partial charge on any atom is 0.343 e. The summed E-state index contributed by atoms with van der Waals surface area (Å²) in [5.74, 6) is 2.36. The molecule has 4 aromatic heterocycles. The summed E-state index contributed by atoms with van der Waals surface area (Å²) in [6.45, 7) is 6.69. The molecule has 0 aliphatic carbocycles. The van der Waals surface area contributed by atoms with Crippen LogP contribution in [0.2, 0.25) is 0 Å². The summed E-state index contributed by atoms with van der Waals surface area (Å²) in [7, 11) is 2.09. The van der Waals surface area contributed by atoms with Crippen molar-refractivity contribution in [2.45, 2.75) is 26.2 Å². The SMILES string of the molecule is C[n+]1cn2c(-c3cccc(Oc4ccc5c6ccccc6n(-c6cc(C(C)(C)C)ccn6)c5c4)c3)coc2c1-c1c(-c2ccccc2)cccc1-c1ccccc1. The van der Waals surface area contributed by atoms with Crippen molar-refractivity contribution in [3.8, 4) is 62.1 Å². The van der Waals surface area contributed by atoms with Crippen LogP contribution in [0.5, 0.6) is 11.5 Å². The molecule has 0 amide bonds. The fourth-order valence-corrected chi connectivity index (χ4v) is 8.14. The summed E-state index contributed by atoms with van der Waals surface area (Å²) in [5, 5.41) is 2.32. The summed E-state index contributed by atoms with van der Waals surface area (Å²) in [4.78, 5) is 4.85. The average Bonchev–Trinajstić information content (AvgIpc) is 3.90. The molecule has 0 atom stereocenters. The van der Waals surface area contributed by atoms with Crippen LogP contribution in [0.25, 0.3) is 78.1 Å². The molecule has 276 valence electrons. The maximum absolute atomic E-state index is 6.65. The zero-order valence-corrected chi connectivity index (χ0v) is 32.3. The number of benzene rings is 6. The van der Waals surface area contributed by atoms with E-state index in [9.17, 15) is 0 Å². The summed E-state index contributed by atoms with van der Waals surface area (Å²) in [6, 6.07) is 55.0. The van der Waals surface area contributed by atoms with Crippen LogP contribution in [0.1, 0.15) is 26.3 Å². The van der Waals surface area contributed by atoms with Gasteiger partial charge in [0.15, 0.2) is 5.69 Å².